The second-order valence-corrected chi connectivity index (χ2v) is 8.18. The number of nitrogens with zero attached hydrogens (tertiary/aromatic N) is 1. The molecule has 0 atom stereocenters. The van der Waals surface area contributed by atoms with Crippen molar-refractivity contribution in [2.24, 2.45) is 0 Å². The van der Waals surface area contributed by atoms with Crippen LogP contribution in [0.25, 0.3) is 0 Å². The molecule has 0 unspecified atom stereocenters. The molecule has 0 radical (unpaired) electrons. The molecule has 1 fully saturated rings. The number of carbonyl (C=O) groups is 2. The summed E-state index contributed by atoms with van der Waals surface area (Å²) in [7, 11) is 0. The third kappa shape index (κ3) is 6.58. The molecule has 2 N–H and O–H groups in total. The van der Waals surface area contributed by atoms with Crippen LogP contribution >= 0.6 is 11.8 Å². The second-order valence-electron chi connectivity index (χ2n) is 7.08. The van der Waals surface area contributed by atoms with Crippen molar-refractivity contribution in [2.75, 3.05) is 45.0 Å². The summed E-state index contributed by atoms with van der Waals surface area (Å²) in [6, 6.07) is 16.1. The summed E-state index contributed by atoms with van der Waals surface area (Å²) in [6.07, 6.45) is 0. The van der Waals surface area contributed by atoms with Crippen molar-refractivity contribution in [3.05, 3.63) is 71.5 Å². The van der Waals surface area contributed by atoms with E-state index in [1.807, 2.05) is 41.3 Å². The van der Waals surface area contributed by atoms with E-state index in [4.69, 9.17) is 0 Å². The van der Waals surface area contributed by atoms with Crippen LogP contribution in [-0.2, 0) is 10.5 Å². The largest absolute Gasteiger partial charge is 0.350 e. The fraction of sp³-hybridized carbons (Fsp3) is 0.364. The molecule has 3 rings (SSSR count). The van der Waals surface area contributed by atoms with Crippen molar-refractivity contribution in [1.82, 2.24) is 10.2 Å². The summed E-state index contributed by atoms with van der Waals surface area (Å²) >= 11 is 1.60. The lowest BCUT2D eigenvalue weighted by Gasteiger charge is -2.32. The van der Waals surface area contributed by atoms with Gasteiger partial charge in [0.2, 0.25) is 0 Å². The third-order valence-electron chi connectivity index (χ3n) is 4.97. The summed E-state index contributed by atoms with van der Waals surface area (Å²) in [5.74, 6) is 1.24. The Morgan fingerprint density at radius 2 is 1.72 bits per heavy atom. The average Bonchev–Trinajstić information content (AvgIpc) is 2.75. The quantitative estimate of drug-likeness (QED) is 0.637. The fourth-order valence-electron chi connectivity index (χ4n) is 3.32. The van der Waals surface area contributed by atoms with Gasteiger partial charge in [0.25, 0.3) is 11.8 Å². The maximum Gasteiger partial charge on any atom is 0.275 e. The molecule has 0 aliphatic carbocycles. The highest BCUT2D eigenvalue weighted by Gasteiger charge is 2.25. The number of piperazine rings is 1. The molecular weight excluding hydrogens is 389 g/mol. The highest BCUT2D eigenvalue weighted by Crippen LogP contribution is 2.14. The van der Waals surface area contributed by atoms with Gasteiger partial charge in [-0.25, -0.2) is 4.39 Å². The molecule has 1 heterocycles. The lowest BCUT2D eigenvalue weighted by molar-refractivity contribution is -0.896. The maximum atomic E-state index is 13.6. The molecule has 0 bridgehead atoms. The van der Waals surface area contributed by atoms with E-state index >= 15 is 0 Å². The Morgan fingerprint density at radius 1 is 1.03 bits per heavy atom. The van der Waals surface area contributed by atoms with E-state index in [1.165, 1.54) is 11.0 Å². The van der Waals surface area contributed by atoms with Crippen LogP contribution in [0.3, 0.4) is 0 Å². The Hall–Kier alpha value is -2.38. The third-order valence-corrected chi connectivity index (χ3v) is 5.98. The highest BCUT2D eigenvalue weighted by atomic mass is 32.2. The summed E-state index contributed by atoms with van der Waals surface area (Å²) in [4.78, 5) is 27.7. The highest BCUT2D eigenvalue weighted by molar-refractivity contribution is 7.98. The standard InChI is InChI=1S/C22H26FN3O2S/c23-20-9-5-4-8-19(20)17-29-15-10-24-21(27)16-25-11-13-26(14-12-25)22(28)18-6-2-1-3-7-18/h1-9H,10-17H2,(H,24,27)/p+1. The lowest BCUT2D eigenvalue weighted by Crippen LogP contribution is -3.15. The molecule has 2 aromatic carbocycles. The second kappa shape index (κ2) is 11.0. The normalized spacial score (nSPS) is 14.6. The lowest BCUT2D eigenvalue weighted by atomic mass is 10.2. The van der Waals surface area contributed by atoms with Crippen molar-refractivity contribution >= 4 is 23.6 Å². The molecule has 5 nitrogen and oxygen atoms in total. The molecule has 1 aliphatic heterocycles. The zero-order chi connectivity index (χ0) is 20.5. The van der Waals surface area contributed by atoms with E-state index in [2.05, 4.69) is 5.32 Å². The Balaban J connectivity index is 1.30. The van der Waals surface area contributed by atoms with Gasteiger partial charge in [0.15, 0.2) is 6.54 Å². The van der Waals surface area contributed by atoms with Crippen LogP contribution in [0.4, 0.5) is 4.39 Å². The summed E-state index contributed by atoms with van der Waals surface area (Å²) in [6.45, 7) is 3.86. The monoisotopic (exact) mass is 416 g/mol. The molecule has 0 saturated carbocycles. The van der Waals surface area contributed by atoms with Gasteiger partial charge < -0.3 is 15.1 Å². The number of halogens is 1. The van der Waals surface area contributed by atoms with Crippen LogP contribution in [-0.4, -0.2) is 61.7 Å². The minimum absolute atomic E-state index is 0.0225. The first-order chi connectivity index (χ1) is 14.1. The first-order valence-corrected chi connectivity index (χ1v) is 11.0. The molecule has 154 valence electrons. The van der Waals surface area contributed by atoms with E-state index in [-0.39, 0.29) is 17.6 Å². The molecule has 7 heteroatoms. The number of amides is 2. The number of benzene rings is 2. The molecule has 2 amide bonds. The van der Waals surface area contributed by atoms with Crippen LogP contribution in [0.2, 0.25) is 0 Å². The molecule has 0 spiro atoms. The number of thioether (sulfide) groups is 1. The topological polar surface area (TPSA) is 53.9 Å². The first-order valence-electron chi connectivity index (χ1n) is 9.89. The molecule has 1 aliphatic rings. The molecule has 29 heavy (non-hydrogen) atoms. The number of rotatable bonds is 8. The van der Waals surface area contributed by atoms with Crippen molar-refractivity contribution in [2.45, 2.75) is 5.75 Å². The zero-order valence-electron chi connectivity index (χ0n) is 16.4. The maximum absolute atomic E-state index is 13.6. The van der Waals surface area contributed by atoms with Gasteiger partial charge in [0.05, 0.1) is 26.2 Å². The predicted octanol–water partition coefficient (Wildman–Crippen LogP) is 1.22. The van der Waals surface area contributed by atoms with Crippen molar-refractivity contribution in [3.8, 4) is 0 Å². The Bertz CT molecular complexity index is 811. The fourth-order valence-corrected chi connectivity index (χ4v) is 4.16. The molecule has 1 saturated heterocycles. The van der Waals surface area contributed by atoms with Crippen LogP contribution < -0.4 is 10.2 Å². The SMILES string of the molecule is O=C(C[NH+]1CCN(C(=O)c2ccccc2)CC1)NCCSCc1ccccc1F. The minimum atomic E-state index is -0.183. The van der Waals surface area contributed by atoms with Crippen molar-refractivity contribution < 1.29 is 18.9 Å². The summed E-state index contributed by atoms with van der Waals surface area (Å²) in [5, 5.41) is 2.94. The molecule has 2 aromatic rings. The number of carbonyl (C=O) groups excluding carboxylic acids is 2. The minimum Gasteiger partial charge on any atom is -0.350 e. The van der Waals surface area contributed by atoms with Gasteiger partial charge >= 0.3 is 0 Å². The van der Waals surface area contributed by atoms with E-state index in [0.717, 1.165) is 18.8 Å². The van der Waals surface area contributed by atoms with E-state index in [9.17, 15) is 14.0 Å². The summed E-state index contributed by atoms with van der Waals surface area (Å²) < 4.78 is 13.6. The van der Waals surface area contributed by atoms with Crippen LogP contribution in [0.15, 0.2) is 54.6 Å². The van der Waals surface area contributed by atoms with E-state index in [1.54, 1.807) is 23.9 Å². The first kappa shape index (κ1) is 21.3. The van der Waals surface area contributed by atoms with E-state index in [0.29, 0.717) is 43.1 Å². The van der Waals surface area contributed by atoms with Gasteiger partial charge in [0, 0.05) is 23.6 Å². The zero-order valence-corrected chi connectivity index (χ0v) is 17.2. The Kier molecular flexibility index (Phi) is 8.07. The van der Waals surface area contributed by atoms with Crippen LogP contribution in [0, 0.1) is 5.82 Å². The Morgan fingerprint density at radius 3 is 2.45 bits per heavy atom. The number of hydrogen-bond acceptors (Lipinski definition) is 3. The Labute approximate surface area is 175 Å². The van der Waals surface area contributed by atoms with Gasteiger partial charge in [-0.2, -0.15) is 11.8 Å². The van der Waals surface area contributed by atoms with Gasteiger partial charge in [-0.1, -0.05) is 36.4 Å². The van der Waals surface area contributed by atoms with Gasteiger partial charge in [-0.05, 0) is 23.8 Å². The molecule has 0 aromatic heterocycles. The predicted molar refractivity (Wildman–Crippen MR) is 113 cm³/mol. The van der Waals surface area contributed by atoms with Crippen molar-refractivity contribution in [1.29, 1.82) is 0 Å². The van der Waals surface area contributed by atoms with Gasteiger partial charge in [-0.3, -0.25) is 9.59 Å². The van der Waals surface area contributed by atoms with Crippen LogP contribution in [0.1, 0.15) is 15.9 Å². The average molecular weight is 417 g/mol. The van der Waals surface area contributed by atoms with Crippen molar-refractivity contribution in [3.63, 3.8) is 0 Å². The molecular formula is C22H27FN3O2S+. The number of quaternary nitrogens is 1. The number of nitrogens with one attached hydrogen (secondary N) is 2. The smallest absolute Gasteiger partial charge is 0.275 e. The van der Waals surface area contributed by atoms with E-state index < -0.39 is 0 Å². The van der Waals surface area contributed by atoms with Crippen LogP contribution in [0.5, 0.6) is 0 Å². The number of hydrogen-bond donors (Lipinski definition) is 2. The summed E-state index contributed by atoms with van der Waals surface area (Å²) in [5.41, 5.74) is 1.40. The van der Waals surface area contributed by atoms with Gasteiger partial charge in [-0.15, -0.1) is 0 Å². The van der Waals surface area contributed by atoms with Gasteiger partial charge in [0.1, 0.15) is 5.82 Å².